The van der Waals surface area contributed by atoms with E-state index < -0.39 is 5.82 Å². The summed E-state index contributed by atoms with van der Waals surface area (Å²) in [5, 5.41) is 2.49. The Morgan fingerprint density at radius 2 is 2.10 bits per heavy atom. The van der Waals surface area contributed by atoms with Gasteiger partial charge in [0.15, 0.2) is 0 Å². The topological polar surface area (TPSA) is 81.4 Å². The van der Waals surface area contributed by atoms with Crippen LogP contribution in [0.2, 0.25) is 0 Å². The molecule has 0 aliphatic heterocycles. The summed E-state index contributed by atoms with van der Waals surface area (Å²) < 4.78 is 17.9. The maximum atomic E-state index is 13.4. The maximum absolute atomic E-state index is 13.4. The molecule has 1 aromatic rings. The summed E-state index contributed by atoms with van der Waals surface area (Å²) in [5.74, 6) is 0.414. The molecular formula is C14H19FN2O3S. The van der Waals surface area contributed by atoms with Crippen LogP contribution in [0.1, 0.15) is 19.3 Å². The zero-order valence-corrected chi connectivity index (χ0v) is 12.7. The SMILES string of the molecule is COC(=O)CCSCCCC(=O)Nc1cc(N)ccc1F. The molecule has 1 rings (SSSR count). The van der Waals surface area contributed by atoms with E-state index in [0.29, 0.717) is 30.7 Å². The lowest BCUT2D eigenvalue weighted by molar-refractivity contribution is -0.140. The zero-order valence-electron chi connectivity index (χ0n) is 11.9. The Hall–Kier alpha value is -1.76. The number of carbonyl (C=O) groups is 2. The van der Waals surface area contributed by atoms with Gasteiger partial charge in [0, 0.05) is 17.9 Å². The highest BCUT2D eigenvalue weighted by molar-refractivity contribution is 7.99. The molecule has 3 N–H and O–H groups in total. The van der Waals surface area contributed by atoms with Crippen molar-refractivity contribution in [1.82, 2.24) is 0 Å². The Morgan fingerprint density at radius 1 is 1.33 bits per heavy atom. The third-order valence-corrected chi connectivity index (χ3v) is 3.71. The van der Waals surface area contributed by atoms with E-state index in [1.165, 1.54) is 25.3 Å². The quantitative estimate of drug-likeness (QED) is 0.437. The van der Waals surface area contributed by atoms with Crippen molar-refractivity contribution in [2.45, 2.75) is 19.3 Å². The molecule has 0 unspecified atom stereocenters. The number of carbonyl (C=O) groups excluding carboxylic acids is 2. The predicted molar refractivity (Wildman–Crippen MR) is 82.6 cm³/mol. The van der Waals surface area contributed by atoms with E-state index in [1.807, 2.05) is 0 Å². The molecule has 0 radical (unpaired) electrons. The van der Waals surface area contributed by atoms with E-state index in [2.05, 4.69) is 10.1 Å². The van der Waals surface area contributed by atoms with E-state index >= 15 is 0 Å². The molecule has 0 heterocycles. The first kappa shape index (κ1) is 17.3. The summed E-state index contributed by atoms with van der Waals surface area (Å²) in [5.41, 5.74) is 6.02. The number of ether oxygens (including phenoxy) is 1. The van der Waals surface area contributed by atoms with Gasteiger partial charge in [0.25, 0.3) is 0 Å². The number of thioether (sulfide) groups is 1. The summed E-state index contributed by atoms with van der Waals surface area (Å²) in [7, 11) is 1.35. The van der Waals surface area contributed by atoms with Crippen molar-refractivity contribution in [3.05, 3.63) is 24.0 Å². The third-order valence-electron chi connectivity index (χ3n) is 2.64. The van der Waals surface area contributed by atoms with Crippen molar-refractivity contribution >= 4 is 35.0 Å². The number of nitrogens with two attached hydrogens (primary N) is 1. The molecule has 21 heavy (non-hydrogen) atoms. The standard InChI is InChI=1S/C14H19FN2O3S/c1-20-14(19)6-8-21-7-2-3-13(18)17-12-9-10(16)4-5-11(12)15/h4-5,9H,2-3,6-8,16H2,1H3,(H,17,18). The van der Waals surface area contributed by atoms with Crippen LogP contribution in [0.15, 0.2) is 18.2 Å². The number of halogens is 1. The second-order valence-corrected chi connectivity index (χ2v) is 5.55. The lowest BCUT2D eigenvalue weighted by atomic mass is 10.2. The van der Waals surface area contributed by atoms with Gasteiger partial charge in [0.1, 0.15) is 5.82 Å². The van der Waals surface area contributed by atoms with Gasteiger partial charge in [0.05, 0.1) is 19.2 Å². The molecule has 0 bridgehead atoms. The Balaban J connectivity index is 2.20. The normalized spacial score (nSPS) is 10.2. The highest BCUT2D eigenvalue weighted by atomic mass is 32.2. The van der Waals surface area contributed by atoms with E-state index in [-0.39, 0.29) is 17.6 Å². The number of hydrogen-bond acceptors (Lipinski definition) is 5. The van der Waals surface area contributed by atoms with Crippen molar-refractivity contribution in [2.24, 2.45) is 0 Å². The van der Waals surface area contributed by atoms with Crippen LogP contribution in [0.3, 0.4) is 0 Å². The lowest BCUT2D eigenvalue weighted by Crippen LogP contribution is -2.13. The minimum Gasteiger partial charge on any atom is -0.469 e. The van der Waals surface area contributed by atoms with Gasteiger partial charge < -0.3 is 15.8 Å². The monoisotopic (exact) mass is 314 g/mol. The van der Waals surface area contributed by atoms with Crippen LogP contribution < -0.4 is 11.1 Å². The number of hydrogen-bond donors (Lipinski definition) is 2. The van der Waals surface area contributed by atoms with Crippen LogP contribution in [0, 0.1) is 5.82 Å². The fourth-order valence-electron chi connectivity index (χ4n) is 1.55. The number of nitrogen functional groups attached to an aromatic ring is 1. The predicted octanol–water partition coefficient (Wildman–Crippen LogP) is 2.42. The van der Waals surface area contributed by atoms with Crippen molar-refractivity contribution in [3.63, 3.8) is 0 Å². The highest BCUT2D eigenvalue weighted by Gasteiger charge is 2.07. The Labute approximate surface area is 127 Å². The van der Waals surface area contributed by atoms with Crippen molar-refractivity contribution in [1.29, 1.82) is 0 Å². The molecule has 0 aliphatic carbocycles. The van der Waals surface area contributed by atoms with Gasteiger partial charge >= 0.3 is 5.97 Å². The largest absolute Gasteiger partial charge is 0.469 e. The average Bonchev–Trinajstić information content (AvgIpc) is 2.46. The number of anilines is 2. The lowest BCUT2D eigenvalue weighted by Gasteiger charge is -2.07. The molecule has 1 aromatic carbocycles. The van der Waals surface area contributed by atoms with Gasteiger partial charge in [-0.25, -0.2) is 4.39 Å². The summed E-state index contributed by atoms with van der Waals surface area (Å²) in [6, 6.07) is 4.04. The van der Waals surface area contributed by atoms with Crippen LogP contribution >= 0.6 is 11.8 Å². The molecule has 5 nitrogen and oxygen atoms in total. The van der Waals surface area contributed by atoms with Crippen LogP contribution in [0.5, 0.6) is 0 Å². The van der Waals surface area contributed by atoms with Crippen LogP contribution in [0.25, 0.3) is 0 Å². The minimum absolute atomic E-state index is 0.0957. The van der Waals surface area contributed by atoms with E-state index in [9.17, 15) is 14.0 Å². The van der Waals surface area contributed by atoms with Crippen LogP contribution in [-0.2, 0) is 14.3 Å². The second-order valence-electron chi connectivity index (χ2n) is 4.33. The number of rotatable bonds is 8. The Bertz CT molecular complexity index is 497. The maximum Gasteiger partial charge on any atom is 0.306 e. The molecule has 0 atom stereocenters. The molecule has 0 aromatic heterocycles. The zero-order chi connectivity index (χ0) is 15.7. The first-order valence-corrected chi connectivity index (χ1v) is 7.68. The summed E-state index contributed by atoms with van der Waals surface area (Å²) in [4.78, 5) is 22.5. The number of esters is 1. The smallest absolute Gasteiger partial charge is 0.306 e. The summed E-state index contributed by atoms with van der Waals surface area (Å²) >= 11 is 1.58. The van der Waals surface area contributed by atoms with Gasteiger partial charge in [-0.15, -0.1) is 0 Å². The first-order chi connectivity index (χ1) is 10.0. The molecule has 1 amide bonds. The molecule has 0 spiro atoms. The van der Waals surface area contributed by atoms with E-state index in [4.69, 9.17) is 5.73 Å². The van der Waals surface area contributed by atoms with Gasteiger partial charge in [0.2, 0.25) is 5.91 Å². The molecule has 7 heteroatoms. The van der Waals surface area contributed by atoms with E-state index in [0.717, 1.165) is 5.75 Å². The second kappa shape index (κ2) is 9.23. The molecule has 0 saturated heterocycles. The van der Waals surface area contributed by atoms with Gasteiger partial charge in [-0.1, -0.05) is 0 Å². The molecule has 116 valence electrons. The average molecular weight is 314 g/mol. The molecule has 0 saturated carbocycles. The first-order valence-electron chi connectivity index (χ1n) is 6.52. The molecule has 0 aliphatic rings. The molecular weight excluding hydrogens is 295 g/mol. The van der Waals surface area contributed by atoms with Crippen molar-refractivity contribution in [2.75, 3.05) is 29.7 Å². The highest BCUT2D eigenvalue weighted by Crippen LogP contribution is 2.18. The van der Waals surface area contributed by atoms with E-state index in [1.54, 1.807) is 11.8 Å². The number of methoxy groups -OCH3 is 1. The van der Waals surface area contributed by atoms with Gasteiger partial charge in [-0.3, -0.25) is 9.59 Å². The number of nitrogens with one attached hydrogen (secondary N) is 1. The Kier molecular flexibility index (Phi) is 7.60. The fraction of sp³-hybridized carbons (Fsp3) is 0.429. The van der Waals surface area contributed by atoms with Crippen LogP contribution in [0.4, 0.5) is 15.8 Å². The van der Waals surface area contributed by atoms with Gasteiger partial charge in [-0.05, 0) is 30.4 Å². The van der Waals surface area contributed by atoms with Crippen molar-refractivity contribution < 1.29 is 18.7 Å². The van der Waals surface area contributed by atoms with Crippen LogP contribution in [-0.4, -0.2) is 30.5 Å². The minimum atomic E-state index is -0.509. The third kappa shape index (κ3) is 6.99. The summed E-state index contributed by atoms with van der Waals surface area (Å²) in [6.45, 7) is 0. The number of amides is 1. The summed E-state index contributed by atoms with van der Waals surface area (Å²) in [6.07, 6.45) is 1.31. The Morgan fingerprint density at radius 3 is 2.81 bits per heavy atom. The molecule has 0 fully saturated rings. The van der Waals surface area contributed by atoms with Crippen molar-refractivity contribution in [3.8, 4) is 0 Å². The fourth-order valence-corrected chi connectivity index (χ4v) is 2.41. The van der Waals surface area contributed by atoms with Gasteiger partial charge in [-0.2, -0.15) is 11.8 Å². The number of benzene rings is 1.